The quantitative estimate of drug-likeness (QED) is 0.385. The molecule has 0 bridgehead atoms. The zero-order valence-electron chi connectivity index (χ0n) is 20.1. The van der Waals surface area contributed by atoms with Crippen LogP contribution in [-0.2, 0) is 23.8 Å². The molecule has 186 valence electrons. The molecule has 1 N–H and O–H groups in total. The molecule has 0 aliphatic carbocycles. The van der Waals surface area contributed by atoms with Crippen molar-refractivity contribution in [3.63, 3.8) is 0 Å². The number of amides is 1. The Morgan fingerprint density at radius 3 is 2.38 bits per heavy atom. The molecule has 0 unspecified atom stereocenters. The van der Waals surface area contributed by atoms with Crippen molar-refractivity contribution in [2.45, 2.75) is 58.8 Å². The fourth-order valence-electron chi connectivity index (χ4n) is 3.46. The van der Waals surface area contributed by atoms with Crippen molar-refractivity contribution in [1.82, 2.24) is 4.90 Å². The van der Waals surface area contributed by atoms with E-state index in [2.05, 4.69) is 5.32 Å². The summed E-state index contributed by atoms with van der Waals surface area (Å²) < 4.78 is 35.6. The van der Waals surface area contributed by atoms with E-state index in [1.807, 2.05) is 20.8 Å². The van der Waals surface area contributed by atoms with Gasteiger partial charge in [0.15, 0.2) is 17.1 Å². The van der Waals surface area contributed by atoms with Gasteiger partial charge >= 0.3 is 18.0 Å². The van der Waals surface area contributed by atoms with Crippen molar-refractivity contribution < 1.29 is 37.7 Å². The number of hydrogen-bond acceptors (Lipinski definition) is 8. The summed E-state index contributed by atoms with van der Waals surface area (Å²) in [6.07, 6.45) is 2.26. The van der Waals surface area contributed by atoms with Crippen molar-refractivity contribution >= 4 is 23.7 Å². The van der Waals surface area contributed by atoms with E-state index >= 15 is 0 Å². The zero-order valence-corrected chi connectivity index (χ0v) is 20.1. The number of cyclic esters (lactones) is 2. The van der Waals surface area contributed by atoms with Crippen molar-refractivity contribution in [3.05, 3.63) is 35.8 Å². The van der Waals surface area contributed by atoms with E-state index in [9.17, 15) is 18.8 Å². The highest BCUT2D eigenvalue weighted by atomic mass is 19.1. The fourth-order valence-corrected chi connectivity index (χ4v) is 3.46. The Labute approximate surface area is 198 Å². The number of halogens is 1. The first-order chi connectivity index (χ1) is 15.8. The summed E-state index contributed by atoms with van der Waals surface area (Å²) in [6.45, 7) is 9.83. The largest absolute Gasteiger partial charge is 0.490 e. The number of nitrogens with zero attached hydrogens (tertiary/aromatic N) is 1. The zero-order chi connectivity index (χ0) is 25.1. The van der Waals surface area contributed by atoms with Gasteiger partial charge in [-0.1, -0.05) is 0 Å². The van der Waals surface area contributed by atoms with E-state index in [1.54, 1.807) is 11.0 Å². The molecule has 1 amide bonds. The SMILES string of the molecule is CC(C)(C)OC(=O)N1CCC(COc2ccc(NC=C3C(=O)OC(C)(C)OC3=O)cc2F)CC1. The first kappa shape index (κ1) is 25.3. The number of esters is 2. The maximum absolute atomic E-state index is 14.5. The monoisotopic (exact) mass is 478 g/mol. The summed E-state index contributed by atoms with van der Waals surface area (Å²) in [5.74, 6) is -3.30. The summed E-state index contributed by atoms with van der Waals surface area (Å²) >= 11 is 0. The average molecular weight is 479 g/mol. The lowest BCUT2D eigenvalue weighted by atomic mass is 9.98. The van der Waals surface area contributed by atoms with Gasteiger partial charge in [-0.25, -0.2) is 18.8 Å². The van der Waals surface area contributed by atoms with Gasteiger partial charge < -0.3 is 29.2 Å². The molecule has 0 saturated carbocycles. The topological polar surface area (TPSA) is 103 Å². The van der Waals surface area contributed by atoms with Crippen LogP contribution in [0.5, 0.6) is 5.75 Å². The second-order valence-corrected chi connectivity index (χ2v) is 9.75. The average Bonchev–Trinajstić information content (AvgIpc) is 2.71. The van der Waals surface area contributed by atoms with Gasteiger partial charge in [-0.15, -0.1) is 0 Å². The molecule has 0 spiro atoms. The lowest BCUT2D eigenvalue weighted by molar-refractivity contribution is -0.222. The van der Waals surface area contributed by atoms with Crippen LogP contribution in [0.15, 0.2) is 30.0 Å². The minimum absolute atomic E-state index is 0.0889. The number of hydrogen-bond donors (Lipinski definition) is 1. The van der Waals surface area contributed by atoms with Gasteiger partial charge in [0.2, 0.25) is 0 Å². The van der Waals surface area contributed by atoms with Crippen LogP contribution in [0.1, 0.15) is 47.5 Å². The Morgan fingerprint density at radius 1 is 1.21 bits per heavy atom. The van der Waals surface area contributed by atoms with Gasteiger partial charge in [-0.2, -0.15) is 0 Å². The molecule has 2 fully saturated rings. The van der Waals surface area contributed by atoms with Crippen molar-refractivity contribution in [1.29, 1.82) is 0 Å². The number of piperidine rings is 1. The highest BCUT2D eigenvalue weighted by molar-refractivity contribution is 6.15. The molecule has 9 nitrogen and oxygen atoms in total. The van der Waals surface area contributed by atoms with E-state index < -0.39 is 29.1 Å². The predicted octanol–water partition coefficient (Wildman–Crippen LogP) is 3.98. The van der Waals surface area contributed by atoms with Crippen LogP contribution in [0, 0.1) is 11.7 Å². The number of anilines is 1. The number of carbonyl (C=O) groups is 3. The summed E-state index contributed by atoms with van der Waals surface area (Å²) in [6, 6.07) is 4.22. The molecule has 2 saturated heterocycles. The van der Waals surface area contributed by atoms with E-state index in [1.165, 1.54) is 26.0 Å². The maximum Gasteiger partial charge on any atom is 0.410 e. The summed E-state index contributed by atoms with van der Waals surface area (Å²) in [7, 11) is 0. The molecule has 34 heavy (non-hydrogen) atoms. The number of benzene rings is 1. The smallest absolute Gasteiger partial charge is 0.410 e. The number of likely N-dealkylation sites (tertiary alicyclic amines) is 1. The lowest BCUT2D eigenvalue weighted by Crippen LogP contribution is -2.42. The normalized spacial score (nSPS) is 18.6. The third-order valence-electron chi connectivity index (χ3n) is 5.17. The molecule has 0 radical (unpaired) electrons. The van der Waals surface area contributed by atoms with Gasteiger partial charge in [0.25, 0.3) is 5.79 Å². The number of nitrogens with one attached hydrogen (secondary N) is 1. The lowest BCUT2D eigenvalue weighted by Gasteiger charge is -2.33. The van der Waals surface area contributed by atoms with Crippen molar-refractivity contribution in [2.75, 3.05) is 25.0 Å². The molecule has 1 aromatic carbocycles. The second-order valence-electron chi connectivity index (χ2n) is 9.75. The minimum Gasteiger partial charge on any atom is -0.490 e. The highest BCUT2D eigenvalue weighted by Crippen LogP contribution is 2.26. The Kier molecular flexibility index (Phi) is 7.38. The summed E-state index contributed by atoms with van der Waals surface area (Å²) in [5.41, 5.74) is -0.544. The van der Waals surface area contributed by atoms with Crippen LogP contribution < -0.4 is 10.1 Å². The Balaban J connectivity index is 1.49. The molecule has 0 aromatic heterocycles. The molecule has 2 heterocycles. The molecule has 10 heteroatoms. The Bertz CT molecular complexity index is 954. The number of rotatable bonds is 5. The predicted molar refractivity (Wildman–Crippen MR) is 120 cm³/mol. The molecular weight excluding hydrogens is 447 g/mol. The van der Waals surface area contributed by atoms with E-state index in [0.717, 1.165) is 19.0 Å². The van der Waals surface area contributed by atoms with Crippen LogP contribution in [-0.4, -0.2) is 54.0 Å². The van der Waals surface area contributed by atoms with Gasteiger partial charge in [-0.3, -0.25) is 0 Å². The Morgan fingerprint density at radius 2 is 1.82 bits per heavy atom. The van der Waals surface area contributed by atoms with Gasteiger partial charge in [0.1, 0.15) is 5.60 Å². The van der Waals surface area contributed by atoms with E-state index in [0.29, 0.717) is 25.4 Å². The third-order valence-corrected chi connectivity index (χ3v) is 5.17. The minimum atomic E-state index is -1.33. The molecular formula is C24H31FN2O7. The second kappa shape index (κ2) is 9.90. The van der Waals surface area contributed by atoms with Crippen LogP contribution >= 0.6 is 0 Å². The van der Waals surface area contributed by atoms with Crippen molar-refractivity contribution in [2.24, 2.45) is 5.92 Å². The third kappa shape index (κ3) is 6.85. The maximum atomic E-state index is 14.5. The number of carbonyl (C=O) groups excluding carboxylic acids is 3. The van der Waals surface area contributed by atoms with E-state index in [-0.39, 0.29) is 23.3 Å². The van der Waals surface area contributed by atoms with Gasteiger partial charge in [-0.05, 0) is 51.7 Å². The van der Waals surface area contributed by atoms with Crippen LogP contribution in [0.2, 0.25) is 0 Å². The van der Waals surface area contributed by atoms with Crippen LogP contribution in [0.25, 0.3) is 0 Å². The fraction of sp³-hybridized carbons (Fsp3) is 0.542. The number of ether oxygens (including phenoxy) is 4. The van der Waals surface area contributed by atoms with Crippen molar-refractivity contribution in [3.8, 4) is 5.75 Å². The summed E-state index contributed by atoms with van der Waals surface area (Å²) in [4.78, 5) is 37.8. The van der Waals surface area contributed by atoms with E-state index in [4.69, 9.17) is 18.9 Å². The first-order valence-corrected chi connectivity index (χ1v) is 11.2. The van der Waals surface area contributed by atoms with Gasteiger partial charge in [0.05, 0.1) is 6.61 Å². The first-order valence-electron chi connectivity index (χ1n) is 11.2. The highest BCUT2D eigenvalue weighted by Gasteiger charge is 2.39. The Hall–Kier alpha value is -3.30. The standard InChI is InChI=1S/C24H31FN2O7/c1-23(2,3)34-22(30)27-10-8-15(9-11-27)14-31-19-7-6-16(12-18(19)25)26-13-17-20(28)32-24(4,5)33-21(17)29/h6-7,12-13,15,26H,8-11,14H2,1-5H3. The van der Waals surface area contributed by atoms with Gasteiger partial charge in [0, 0.05) is 44.9 Å². The summed E-state index contributed by atoms with van der Waals surface area (Å²) in [5, 5.41) is 2.70. The van der Waals surface area contributed by atoms with Crippen LogP contribution in [0.3, 0.4) is 0 Å². The molecule has 0 atom stereocenters. The van der Waals surface area contributed by atoms with Crippen LogP contribution in [0.4, 0.5) is 14.9 Å². The molecule has 2 aliphatic rings. The molecule has 2 aliphatic heterocycles. The molecule has 3 rings (SSSR count). The molecule has 1 aromatic rings.